The van der Waals surface area contributed by atoms with Crippen LogP contribution in [0.15, 0.2) is 18.2 Å². The van der Waals surface area contributed by atoms with Gasteiger partial charge in [0.05, 0.1) is 6.04 Å². The van der Waals surface area contributed by atoms with E-state index in [4.69, 9.17) is 9.88 Å². The van der Waals surface area contributed by atoms with Crippen molar-refractivity contribution in [1.29, 1.82) is 0 Å². The molecular formula is C30H49N3O4S. The van der Waals surface area contributed by atoms with Crippen LogP contribution in [-0.4, -0.2) is 50.2 Å². The molecule has 2 unspecified atom stereocenters. The second-order valence-corrected chi connectivity index (χ2v) is 15.4. The highest BCUT2D eigenvalue weighted by Crippen LogP contribution is 2.46. The van der Waals surface area contributed by atoms with E-state index in [9.17, 15) is 13.2 Å². The van der Waals surface area contributed by atoms with Gasteiger partial charge in [0.2, 0.25) is 10.0 Å². The normalized spacial score (nSPS) is 23.4. The van der Waals surface area contributed by atoms with Crippen molar-refractivity contribution < 1.29 is 17.9 Å². The molecule has 1 amide bonds. The Bertz CT molecular complexity index is 1140. The van der Waals surface area contributed by atoms with Crippen molar-refractivity contribution in [3.8, 4) is 5.75 Å². The van der Waals surface area contributed by atoms with Gasteiger partial charge < -0.3 is 15.0 Å². The Kier molecular flexibility index (Phi) is 8.69. The van der Waals surface area contributed by atoms with Gasteiger partial charge in [0.1, 0.15) is 10.5 Å². The lowest BCUT2D eigenvalue weighted by molar-refractivity contribution is -0.122. The third kappa shape index (κ3) is 6.22. The van der Waals surface area contributed by atoms with Crippen LogP contribution in [-0.2, 0) is 25.6 Å². The maximum Gasteiger partial charge on any atom is 0.257 e. The lowest BCUT2D eigenvalue weighted by atomic mass is 9.78. The zero-order valence-electron chi connectivity index (χ0n) is 24.9. The molecule has 0 spiro atoms. The summed E-state index contributed by atoms with van der Waals surface area (Å²) in [6.07, 6.45) is 7.90. The van der Waals surface area contributed by atoms with Crippen molar-refractivity contribution in [3.63, 3.8) is 0 Å². The van der Waals surface area contributed by atoms with Crippen LogP contribution in [0.1, 0.15) is 104 Å². The Morgan fingerprint density at radius 2 is 1.61 bits per heavy atom. The molecule has 0 radical (unpaired) electrons. The van der Waals surface area contributed by atoms with Crippen LogP contribution in [0.3, 0.4) is 0 Å². The lowest BCUT2D eigenvalue weighted by Gasteiger charge is -2.38. The molecule has 0 bridgehead atoms. The van der Waals surface area contributed by atoms with Gasteiger partial charge in [-0.2, -0.15) is 0 Å². The minimum atomic E-state index is -3.86. The molecule has 1 saturated carbocycles. The van der Waals surface area contributed by atoms with Gasteiger partial charge in [0.15, 0.2) is 6.61 Å². The van der Waals surface area contributed by atoms with Gasteiger partial charge in [-0.05, 0) is 67.2 Å². The third-order valence-electron chi connectivity index (χ3n) is 8.45. The number of carbonyl (C=O) groups is 1. The Balaban J connectivity index is 2.24. The Morgan fingerprint density at radius 1 is 1.08 bits per heavy atom. The quantitative estimate of drug-likeness (QED) is 0.496. The van der Waals surface area contributed by atoms with E-state index in [-0.39, 0.29) is 29.4 Å². The molecule has 0 saturated heterocycles. The summed E-state index contributed by atoms with van der Waals surface area (Å²) in [7, 11) is -2.26. The summed E-state index contributed by atoms with van der Waals surface area (Å²) in [4.78, 5) is 14.4. The SMILES string of the molecule is CNC(=O)COc1c(C(C)(C)C)cc(C2=CC(C)(S(N)(=O)=O)C(C)N2CC2CCCCC2)cc1C(C)(C)C. The summed E-state index contributed by atoms with van der Waals surface area (Å²) in [6, 6.07) is 3.95. The van der Waals surface area contributed by atoms with Crippen LogP contribution < -0.4 is 15.2 Å². The number of carbonyl (C=O) groups excluding carboxylic acids is 1. The summed E-state index contributed by atoms with van der Waals surface area (Å²) in [5.41, 5.74) is 3.28. The number of hydrogen-bond acceptors (Lipinski definition) is 5. The zero-order valence-corrected chi connectivity index (χ0v) is 25.7. The second-order valence-electron chi connectivity index (χ2n) is 13.5. The molecule has 7 nitrogen and oxygen atoms in total. The van der Waals surface area contributed by atoms with Gasteiger partial charge in [-0.3, -0.25) is 4.79 Å². The number of sulfonamides is 1. The molecule has 0 aromatic heterocycles. The minimum Gasteiger partial charge on any atom is -0.483 e. The number of likely N-dealkylation sites (N-methyl/N-ethyl adjacent to an activating group) is 1. The fourth-order valence-corrected chi connectivity index (χ4v) is 6.60. The van der Waals surface area contributed by atoms with Gasteiger partial charge in [-0.25, -0.2) is 13.6 Å². The maximum absolute atomic E-state index is 12.9. The molecule has 2 aliphatic rings. The molecular weight excluding hydrogens is 498 g/mol. The van der Waals surface area contributed by atoms with E-state index in [1.807, 2.05) is 13.0 Å². The highest BCUT2D eigenvalue weighted by molar-refractivity contribution is 7.90. The molecule has 1 aromatic rings. The van der Waals surface area contributed by atoms with E-state index < -0.39 is 14.8 Å². The van der Waals surface area contributed by atoms with E-state index in [1.54, 1.807) is 14.0 Å². The first kappa shape index (κ1) is 30.5. The topological polar surface area (TPSA) is 102 Å². The number of nitrogens with one attached hydrogen (secondary N) is 1. The van der Waals surface area contributed by atoms with Crippen molar-refractivity contribution in [1.82, 2.24) is 10.2 Å². The first-order chi connectivity index (χ1) is 17.4. The highest BCUT2D eigenvalue weighted by atomic mass is 32.2. The molecule has 1 fully saturated rings. The number of nitrogens with zero attached hydrogens (tertiary/aromatic N) is 1. The predicted octanol–water partition coefficient (Wildman–Crippen LogP) is 5.08. The molecule has 214 valence electrons. The number of rotatable bonds is 7. The summed E-state index contributed by atoms with van der Waals surface area (Å²) in [5.74, 6) is 1.05. The number of nitrogens with two attached hydrogens (primary N) is 1. The zero-order chi connectivity index (χ0) is 28.7. The monoisotopic (exact) mass is 547 g/mol. The smallest absolute Gasteiger partial charge is 0.257 e. The van der Waals surface area contributed by atoms with Crippen LogP contribution in [0.4, 0.5) is 0 Å². The number of benzene rings is 1. The van der Waals surface area contributed by atoms with Crippen LogP contribution >= 0.6 is 0 Å². The first-order valence-electron chi connectivity index (χ1n) is 13.9. The van der Waals surface area contributed by atoms with Crippen molar-refractivity contribution in [2.45, 2.75) is 109 Å². The maximum atomic E-state index is 12.9. The molecule has 1 aliphatic heterocycles. The van der Waals surface area contributed by atoms with Gasteiger partial charge in [0.25, 0.3) is 5.91 Å². The minimum absolute atomic E-state index is 0.0704. The van der Waals surface area contributed by atoms with E-state index in [0.717, 1.165) is 47.5 Å². The van der Waals surface area contributed by atoms with Gasteiger partial charge in [-0.15, -0.1) is 0 Å². The van der Waals surface area contributed by atoms with E-state index >= 15 is 0 Å². The predicted molar refractivity (Wildman–Crippen MR) is 156 cm³/mol. The lowest BCUT2D eigenvalue weighted by Crippen LogP contribution is -2.50. The fourth-order valence-electron chi connectivity index (χ4n) is 5.72. The molecule has 3 N–H and O–H groups in total. The van der Waals surface area contributed by atoms with Gasteiger partial charge >= 0.3 is 0 Å². The molecule has 1 aliphatic carbocycles. The molecule has 8 heteroatoms. The molecule has 3 rings (SSSR count). The molecule has 1 aromatic carbocycles. The summed E-state index contributed by atoms with van der Waals surface area (Å²) in [5, 5.41) is 8.48. The summed E-state index contributed by atoms with van der Waals surface area (Å²) >= 11 is 0. The van der Waals surface area contributed by atoms with Crippen molar-refractivity contribution in [2.24, 2.45) is 11.1 Å². The van der Waals surface area contributed by atoms with Crippen LogP contribution in [0.25, 0.3) is 5.70 Å². The Hall–Kier alpha value is -2.06. The molecule has 38 heavy (non-hydrogen) atoms. The second kappa shape index (κ2) is 10.8. The number of ether oxygens (including phenoxy) is 1. The van der Waals surface area contributed by atoms with Crippen molar-refractivity contribution in [2.75, 3.05) is 20.2 Å². The van der Waals surface area contributed by atoms with E-state index in [1.165, 1.54) is 19.3 Å². The van der Waals surface area contributed by atoms with E-state index in [2.05, 4.69) is 63.9 Å². The first-order valence-corrected chi connectivity index (χ1v) is 15.5. The number of hydrogen-bond donors (Lipinski definition) is 2. The van der Waals surface area contributed by atoms with Crippen molar-refractivity contribution in [3.05, 3.63) is 34.9 Å². The number of amides is 1. The Labute approximate surface area is 230 Å². The Morgan fingerprint density at radius 3 is 2.05 bits per heavy atom. The van der Waals surface area contributed by atoms with E-state index in [0.29, 0.717) is 5.92 Å². The largest absolute Gasteiger partial charge is 0.483 e. The van der Waals surface area contributed by atoms with Crippen LogP contribution in [0, 0.1) is 5.92 Å². The highest BCUT2D eigenvalue weighted by Gasteiger charge is 2.49. The van der Waals surface area contributed by atoms with Crippen LogP contribution in [0.2, 0.25) is 0 Å². The van der Waals surface area contributed by atoms with Crippen molar-refractivity contribution >= 4 is 21.6 Å². The number of primary sulfonamides is 1. The van der Waals surface area contributed by atoms with Gasteiger partial charge in [-0.1, -0.05) is 60.8 Å². The average Bonchev–Trinajstić information content (AvgIpc) is 3.07. The third-order valence-corrected chi connectivity index (χ3v) is 10.1. The van der Waals surface area contributed by atoms with Gasteiger partial charge in [0, 0.05) is 30.4 Å². The summed E-state index contributed by atoms with van der Waals surface area (Å²) < 4.78 is 30.8. The average molecular weight is 548 g/mol. The molecule has 2 atom stereocenters. The van der Waals surface area contributed by atoms with Crippen LogP contribution in [0.5, 0.6) is 5.75 Å². The standard InChI is InChI=1S/C30H49N3O4S/c1-20-30(8,38(31,35)36)17-25(33(20)18-21-13-11-10-12-14-21)22-15-23(28(2,3)4)27(37-19-26(34)32-9)24(16-22)29(5,6)7/h15-17,20-21H,10-14,18-19H2,1-9H3,(H,32,34)(H2,31,35,36). The fraction of sp³-hybridized carbons (Fsp3) is 0.700. The summed E-state index contributed by atoms with van der Waals surface area (Å²) in [6.45, 7) is 17.2. The molecule has 1 heterocycles.